The van der Waals surface area contributed by atoms with Crippen molar-refractivity contribution >= 4 is 29.1 Å². The summed E-state index contributed by atoms with van der Waals surface area (Å²) in [6.45, 7) is 2.75. The average Bonchev–Trinajstić information content (AvgIpc) is 2.56. The van der Waals surface area contributed by atoms with Crippen molar-refractivity contribution in [3.8, 4) is 11.3 Å². The van der Waals surface area contributed by atoms with Gasteiger partial charge in [0.25, 0.3) is 0 Å². The monoisotopic (exact) mass is 325 g/mol. The summed E-state index contributed by atoms with van der Waals surface area (Å²) < 4.78 is 0. The van der Waals surface area contributed by atoms with E-state index >= 15 is 0 Å². The number of rotatable bonds is 5. The molecule has 0 aliphatic rings. The quantitative estimate of drug-likeness (QED) is 0.729. The number of hydrogen-bond acceptors (Lipinski definition) is 5. The minimum atomic E-state index is 0.575. The van der Waals surface area contributed by atoms with E-state index in [1.165, 1.54) is 0 Å². The molecule has 0 radical (unpaired) electrons. The van der Waals surface area contributed by atoms with Gasteiger partial charge in [-0.1, -0.05) is 17.7 Å². The first-order valence-electron chi connectivity index (χ1n) is 7.30. The molecule has 2 aromatic heterocycles. The molecule has 2 N–H and O–H groups in total. The SMILES string of the molecule is CCNc1nc(Nc2cccc(Cl)c2)cc(-c2ccncc2)n1. The molecule has 3 aromatic rings. The Labute approximate surface area is 139 Å². The molecular weight excluding hydrogens is 310 g/mol. The number of pyridine rings is 1. The summed E-state index contributed by atoms with van der Waals surface area (Å²) in [5.41, 5.74) is 2.68. The van der Waals surface area contributed by atoms with Crippen LogP contribution in [0, 0.1) is 0 Å². The number of nitrogens with zero attached hydrogens (tertiary/aromatic N) is 3. The Morgan fingerprint density at radius 3 is 2.61 bits per heavy atom. The highest BCUT2D eigenvalue weighted by Gasteiger charge is 2.07. The number of hydrogen-bond donors (Lipinski definition) is 2. The lowest BCUT2D eigenvalue weighted by atomic mass is 10.2. The van der Waals surface area contributed by atoms with Crippen LogP contribution in [0.15, 0.2) is 54.9 Å². The zero-order valence-electron chi connectivity index (χ0n) is 12.6. The van der Waals surface area contributed by atoms with Crippen molar-refractivity contribution in [2.75, 3.05) is 17.2 Å². The molecule has 116 valence electrons. The lowest BCUT2D eigenvalue weighted by Crippen LogP contribution is -2.05. The van der Waals surface area contributed by atoms with Crippen molar-refractivity contribution < 1.29 is 0 Å². The summed E-state index contributed by atoms with van der Waals surface area (Å²) in [5.74, 6) is 1.27. The molecule has 0 saturated carbocycles. The van der Waals surface area contributed by atoms with Gasteiger partial charge in [-0.25, -0.2) is 4.98 Å². The number of halogens is 1. The third-order valence-corrected chi connectivity index (χ3v) is 3.37. The van der Waals surface area contributed by atoms with Gasteiger partial charge in [-0.2, -0.15) is 4.98 Å². The van der Waals surface area contributed by atoms with Crippen LogP contribution < -0.4 is 10.6 Å². The van der Waals surface area contributed by atoms with Crippen LogP contribution in [0.3, 0.4) is 0 Å². The number of aromatic nitrogens is 3. The highest BCUT2D eigenvalue weighted by atomic mass is 35.5. The molecule has 23 heavy (non-hydrogen) atoms. The normalized spacial score (nSPS) is 10.3. The first-order valence-corrected chi connectivity index (χ1v) is 7.68. The molecule has 6 heteroatoms. The molecule has 0 aliphatic heterocycles. The van der Waals surface area contributed by atoms with Gasteiger partial charge in [0.1, 0.15) is 5.82 Å². The second-order valence-corrected chi connectivity index (χ2v) is 5.30. The molecule has 0 atom stereocenters. The molecular formula is C17H16ClN5. The van der Waals surface area contributed by atoms with Crippen molar-refractivity contribution in [2.24, 2.45) is 0 Å². The first kappa shape index (κ1) is 15.2. The van der Waals surface area contributed by atoms with E-state index in [2.05, 4.69) is 25.6 Å². The van der Waals surface area contributed by atoms with Crippen LogP contribution in [-0.4, -0.2) is 21.5 Å². The number of benzene rings is 1. The predicted octanol–water partition coefficient (Wildman–Crippen LogP) is 4.37. The fourth-order valence-electron chi connectivity index (χ4n) is 2.13. The van der Waals surface area contributed by atoms with Gasteiger partial charge in [-0.15, -0.1) is 0 Å². The lowest BCUT2D eigenvalue weighted by Gasteiger charge is -2.11. The molecule has 0 spiro atoms. The summed E-state index contributed by atoms with van der Waals surface area (Å²) in [5, 5.41) is 7.09. The van der Waals surface area contributed by atoms with Crippen LogP contribution in [-0.2, 0) is 0 Å². The van der Waals surface area contributed by atoms with Crippen LogP contribution in [0.5, 0.6) is 0 Å². The van der Waals surface area contributed by atoms with E-state index in [9.17, 15) is 0 Å². The van der Waals surface area contributed by atoms with Crippen LogP contribution in [0.2, 0.25) is 5.02 Å². The second kappa shape index (κ2) is 7.07. The molecule has 5 nitrogen and oxygen atoms in total. The van der Waals surface area contributed by atoms with Gasteiger partial charge in [0, 0.05) is 41.3 Å². The molecule has 0 amide bonds. The van der Waals surface area contributed by atoms with E-state index in [1.54, 1.807) is 12.4 Å². The molecule has 0 unspecified atom stereocenters. The molecule has 0 saturated heterocycles. The summed E-state index contributed by atoms with van der Waals surface area (Å²) in [7, 11) is 0. The van der Waals surface area contributed by atoms with E-state index < -0.39 is 0 Å². The van der Waals surface area contributed by atoms with Crippen molar-refractivity contribution in [1.29, 1.82) is 0 Å². The van der Waals surface area contributed by atoms with E-state index in [4.69, 9.17) is 11.6 Å². The van der Waals surface area contributed by atoms with Crippen molar-refractivity contribution in [3.05, 3.63) is 59.9 Å². The van der Waals surface area contributed by atoms with E-state index in [-0.39, 0.29) is 0 Å². The van der Waals surface area contributed by atoms with Crippen molar-refractivity contribution in [2.45, 2.75) is 6.92 Å². The van der Waals surface area contributed by atoms with Gasteiger partial charge in [-0.05, 0) is 37.3 Å². The minimum absolute atomic E-state index is 0.575. The smallest absolute Gasteiger partial charge is 0.225 e. The zero-order chi connectivity index (χ0) is 16.1. The van der Waals surface area contributed by atoms with Gasteiger partial charge in [-0.3, -0.25) is 4.98 Å². The Hall–Kier alpha value is -2.66. The minimum Gasteiger partial charge on any atom is -0.354 e. The van der Waals surface area contributed by atoms with Crippen LogP contribution >= 0.6 is 11.6 Å². The van der Waals surface area contributed by atoms with Crippen LogP contribution in [0.4, 0.5) is 17.5 Å². The molecule has 2 heterocycles. The Balaban J connectivity index is 1.97. The summed E-state index contributed by atoms with van der Waals surface area (Å²) in [6.07, 6.45) is 3.49. The third-order valence-electron chi connectivity index (χ3n) is 3.13. The highest BCUT2D eigenvalue weighted by molar-refractivity contribution is 6.30. The molecule has 0 aliphatic carbocycles. The van der Waals surface area contributed by atoms with Crippen LogP contribution in [0.25, 0.3) is 11.3 Å². The van der Waals surface area contributed by atoms with Gasteiger partial charge < -0.3 is 10.6 Å². The van der Waals surface area contributed by atoms with Gasteiger partial charge >= 0.3 is 0 Å². The summed E-state index contributed by atoms with van der Waals surface area (Å²) in [6, 6.07) is 13.2. The van der Waals surface area contributed by atoms with Crippen molar-refractivity contribution in [1.82, 2.24) is 15.0 Å². The largest absolute Gasteiger partial charge is 0.354 e. The second-order valence-electron chi connectivity index (χ2n) is 4.86. The topological polar surface area (TPSA) is 62.7 Å². The van der Waals surface area contributed by atoms with E-state index in [1.807, 2.05) is 49.4 Å². The fourth-order valence-corrected chi connectivity index (χ4v) is 2.32. The van der Waals surface area contributed by atoms with Crippen molar-refractivity contribution in [3.63, 3.8) is 0 Å². The standard InChI is InChI=1S/C17H16ClN5/c1-2-20-17-22-15(12-6-8-19-9-7-12)11-16(23-17)21-14-5-3-4-13(18)10-14/h3-11H,2H2,1H3,(H2,20,21,22,23). The first-order chi connectivity index (χ1) is 11.2. The van der Waals surface area contributed by atoms with E-state index in [0.717, 1.165) is 23.5 Å². The van der Waals surface area contributed by atoms with Crippen LogP contribution in [0.1, 0.15) is 6.92 Å². The highest BCUT2D eigenvalue weighted by Crippen LogP contribution is 2.24. The molecule has 0 fully saturated rings. The maximum atomic E-state index is 6.03. The van der Waals surface area contributed by atoms with Gasteiger partial charge in [0.2, 0.25) is 5.95 Å². The fraction of sp³-hybridized carbons (Fsp3) is 0.118. The summed E-state index contributed by atoms with van der Waals surface area (Å²) in [4.78, 5) is 13.1. The summed E-state index contributed by atoms with van der Waals surface area (Å²) >= 11 is 6.03. The number of anilines is 3. The Kier molecular flexibility index (Phi) is 4.68. The predicted molar refractivity (Wildman–Crippen MR) is 94.2 cm³/mol. The molecule has 0 bridgehead atoms. The zero-order valence-corrected chi connectivity index (χ0v) is 13.4. The maximum Gasteiger partial charge on any atom is 0.225 e. The van der Waals surface area contributed by atoms with E-state index in [0.29, 0.717) is 16.8 Å². The maximum absolute atomic E-state index is 6.03. The Morgan fingerprint density at radius 1 is 1.04 bits per heavy atom. The molecule has 3 rings (SSSR count). The Morgan fingerprint density at radius 2 is 1.87 bits per heavy atom. The Bertz CT molecular complexity index is 792. The third kappa shape index (κ3) is 3.96. The van der Waals surface area contributed by atoms with Gasteiger partial charge in [0.05, 0.1) is 5.69 Å². The van der Waals surface area contributed by atoms with Gasteiger partial charge in [0.15, 0.2) is 0 Å². The average molecular weight is 326 g/mol. The number of nitrogens with one attached hydrogen (secondary N) is 2. The molecule has 1 aromatic carbocycles. The lowest BCUT2D eigenvalue weighted by molar-refractivity contribution is 1.09.